The van der Waals surface area contributed by atoms with Crippen molar-refractivity contribution in [2.45, 2.75) is 212 Å². The van der Waals surface area contributed by atoms with E-state index in [1.165, 1.54) is 6.92 Å². The number of nitrogens with zero attached hydrogens (tertiary/aromatic N) is 8. The second-order valence-corrected chi connectivity index (χ2v) is 22.3. The first kappa shape index (κ1) is 56.9. The number of ether oxygens (including phenoxy) is 5. The third kappa shape index (κ3) is 13.8. The number of hydrogen-bond donors (Lipinski definition) is 4. The summed E-state index contributed by atoms with van der Waals surface area (Å²) < 4.78 is 36.6. The number of rotatable bonds is 15. The third-order valence-electron chi connectivity index (χ3n) is 16.3. The van der Waals surface area contributed by atoms with Gasteiger partial charge in [-0.15, -0.1) is 5.10 Å². The largest absolute Gasteiger partial charge is 0.459 e. The van der Waals surface area contributed by atoms with Gasteiger partial charge in [-0.2, -0.15) is 0 Å². The molecule has 71 heavy (non-hydrogen) atoms. The molecule has 0 aliphatic carbocycles. The molecule has 17 atom stereocenters. The molecule has 3 saturated heterocycles. The number of cyclic esters (lactones) is 1. The van der Waals surface area contributed by atoms with Gasteiger partial charge in [0, 0.05) is 101 Å². The van der Waals surface area contributed by atoms with Gasteiger partial charge in [-0.3, -0.25) is 14.5 Å². The Bertz CT molecular complexity index is 2110. The van der Waals surface area contributed by atoms with Gasteiger partial charge in [-0.05, 0) is 112 Å². The lowest BCUT2D eigenvalue weighted by atomic mass is 9.68. The summed E-state index contributed by atoms with van der Waals surface area (Å²) in [6.07, 6.45) is 8.14. The van der Waals surface area contributed by atoms with Gasteiger partial charge in [-0.1, -0.05) is 32.9 Å². The first-order chi connectivity index (χ1) is 33.5. The second-order valence-electron chi connectivity index (χ2n) is 22.3. The number of methoxy groups -OCH3 is 1. The maximum Gasteiger partial charge on any atom is 0.309 e. The van der Waals surface area contributed by atoms with Crippen LogP contribution in [-0.2, 0) is 48.0 Å². The number of aryl methyl sites for hydroxylation is 2. The number of pyridine rings is 1. The van der Waals surface area contributed by atoms with Gasteiger partial charge in [0.05, 0.1) is 59.3 Å². The topological polar surface area (TPSA) is 212 Å². The Morgan fingerprint density at radius 3 is 2.39 bits per heavy atom. The quantitative estimate of drug-likeness (QED) is 0.115. The molecular weight excluding hydrogens is 909 g/mol. The molecule has 400 valence electrons. The fourth-order valence-corrected chi connectivity index (χ4v) is 11.9. The molecule has 18 heteroatoms. The zero-order valence-electron chi connectivity index (χ0n) is 44.9. The lowest BCUT2D eigenvalue weighted by molar-refractivity contribution is -0.275. The van der Waals surface area contributed by atoms with Crippen molar-refractivity contribution in [3.05, 3.63) is 48.9 Å². The molecule has 0 bridgehead atoms. The average Bonchev–Trinajstić information content (AvgIpc) is 4.01. The zero-order chi connectivity index (χ0) is 52.0. The molecule has 18 nitrogen and oxygen atoms in total. The lowest BCUT2D eigenvalue weighted by Gasteiger charge is -2.51. The van der Waals surface area contributed by atoms with E-state index in [9.17, 15) is 25.2 Å². The summed E-state index contributed by atoms with van der Waals surface area (Å²) in [6.45, 7) is 21.4. The molecule has 3 aromatic rings. The summed E-state index contributed by atoms with van der Waals surface area (Å²) in [6, 6.07) is 3.50. The van der Waals surface area contributed by atoms with Gasteiger partial charge >= 0.3 is 5.97 Å². The maximum atomic E-state index is 14.6. The molecule has 0 spiro atoms. The SMILES string of the molecule is CC[C@H]1OC(=O)[C@H](C)[C@@H](C2C[C@@](C)(OC)[C@@H](O)[C@H](C)O2)[C@H](C)[C@@H](O[C@H]2C[C@@H](N(C)CCc3cn(CCCCn4cnc(-c5cccnc5)c4)nn3)C[C@@H](C)O2)[C@](C)(O)C[C@@H](C)CN(C)[C@H](C)[C@@H](O)[C@]1(C)O. The molecular formula is C53H88N8O10. The van der Waals surface area contributed by atoms with Crippen molar-refractivity contribution in [1.29, 1.82) is 0 Å². The number of esters is 1. The van der Waals surface area contributed by atoms with Crippen LogP contribution in [0.2, 0.25) is 0 Å². The average molecular weight is 997 g/mol. The molecule has 6 rings (SSSR count). The van der Waals surface area contributed by atoms with Crippen LogP contribution in [0.15, 0.2) is 43.2 Å². The number of hydrogen-bond acceptors (Lipinski definition) is 16. The van der Waals surface area contributed by atoms with Gasteiger partial charge in [0.1, 0.15) is 23.9 Å². The van der Waals surface area contributed by atoms with Gasteiger partial charge in [0.2, 0.25) is 0 Å². The van der Waals surface area contributed by atoms with Crippen molar-refractivity contribution in [2.75, 3.05) is 34.3 Å². The monoisotopic (exact) mass is 997 g/mol. The molecule has 3 fully saturated rings. The summed E-state index contributed by atoms with van der Waals surface area (Å²) in [5.74, 6) is -2.69. The summed E-state index contributed by atoms with van der Waals surface area (Å²) in [7, 11) is 5.57. The number of aliphatic hydroxyl groups excluding tert-OH is 2. The minimum atomic E-state index is -1.78. The number of carbonyl (C=O) groups excluding carboxylic acids is 1. The summed E-state index contributed by atoms with van der Waals surface area (Å²) >= 11 is 0. The van der Waals surface area contributed by atoms with Crippen LogP contribution < -0.4 is 0 Å². The van der Waals surface area contributed by atoms with Crippen LogP contribution in [0.25, 0.3) is 11.3 Å². The highest BCUT2D eigenvalue weighted by molar-refractivity contribution is 5.73. The van der Waals surface area contributed by atoms with Crippen LogP contribution in [-0.4, -0.2) is 178 Å². The number of aliphatic hydroxyl groups is 4. The molecule has 3 aliphatic rings. The molecule has 6 heterocycles. The Kier molecular flexibility index (Phi) is 19.4. The van der Waals surface area contributed by atoms with Gasteiger partial charge < -0.3 is 58.5 Å². The molecule has 0 amide bonds. The Balaban J connectivity index is 1.18. The molecule has 0 radical (unpaired) electrons. The van der Waals surface area contributed by atoms with Gasteiger partial charge in [0.25, 0.3) is 0 Å². The first-order valence-electron chi connectivity index (χ1n) is 26.2. The van der Waals surface area contributed by atoms with Crippen molar-refractivity contribution in [2.24, 2.45) is 23.7 Å². The molecule has 0 aromatic carbocycles. The van der Waals surface area contributed by atoms with Gasteiger partial charge in [0.15, 0.2) is 6.29 Å². The van der Waals surface area contributed by atoms with E-state index in [-0.39, 0.29) is 30.9 Å². The molecule has 1 unspecified atom stereocenters. The van der Waals surface area contributed by atoms with E-state index in [1.807, 2.05) is 82.1 Å². The van der Waals surface area contributed by atoms with Crippen molar-refractivity contribution in [3.63, 3.8) is 0 Å². The zero-order valence-corrected chi connectivity index (χ0v) is 44.9. The standard InChI is InChI=1S/C53H88N8O10/c1-14-44-53(10,66)47(62)37(6)59(12)29-33(2)26-51(8,65)49(35(4)46(36(5)50(64)70-44)43-27-52(9,67-13)48(63)38(7)69-43)71-45-25-41(24-34(3)68-45)58(11)23-19-40-30-61(57-56-40)22-16-15-21-60-31-42(55-32-60)39-18-17-20-54-28-39/h17-18,20,28,30-38,41,43-49,62-63,65-66H,14-16,19,21-27,29H2,1-13H3/t33-,34-,35+,36-,37-,38+,41+,43?,44-,45+,46+,47-,48+,49-,51-,52-,53-/m1/s1. The molecule has 3 aromatic heterocycles. The number of unbranched alkanes of at least 4 members (excludes halogenated alkanes) is 1. The van der Waals surface area contributed by atoms with E-state index in [1.54, 1.807) is 34.1 Å². The maximum absolute atomic E-state index is 14.6. The van der Waals surface area contributed by atoms with Crippen molar-refractivity contribution in [1.82, 2.24) is 39.3 Å². The smallest absolute Gasteiger partial charge is 0.309 e. The third-order valence-corrected chi connectivity index (χ3v) is 16.3. The highest BCUT2D eigenvalue weighted by atomic mass is 16.7. The summed E-state index contributed by atoms with van der Waals surface area (Å²) in [5, 5.41) is 56.8. The predicted octanol–water partition coefficient (Wildman–Crippen LogP) is 5.15. The highest BCUT2D eigenvalue weighted by Gasteiger charge is 2.54. The Hall–Kier alpha value is -3.43. The van der Waals surface area contributed by atoms with E-state index < -0.39 is 89.5 Å². The number of likely N-dealkylation sites (N-methyl/N-ethyl adjacent to an activating group) is 2. The number of aromatic nitrogens is 6. The van der Waals surface area contributed by atoms with Crippen molar-refractivity contribution in [3.8, 4) is 11.3 Å². The Morgan fingerprint density at radius 2 is 1.70 bits per heavy atom. The van der Waals surface area contributed by atoms with Gasteiger partial charge in [-0.25, -0.2) is 4.98 Å². The highest BCUT2D eigenvalue weighted by Crippen LogP contribution is 2.45. The molecule has 4 N–H and O–H groups in total. The Morgan fingerprint density at radius 1 is 0.972 bits per heavy atom. The normalized spacial score (nSPS) is 38.4. The molecule has 0 saturated carbocycles. The van der Waals surface area contributed by atoms with E-state index >= 15 is 0 Å². The number of imidazole rings is 1. The Labute approximate surface area is 422 Å². The fourth-order valence-electron chi connectivity index (χ4n) is 11.9. The summed E-state index contributed by atoms with van der Waals surface area (Å²) in [4.78, 5) is 27.7. The summed E-state index contributed by atoms with van der Waals surface area (Å²) in [5.41, 5.74) is -1.39. The van der Waals surface area contributed by atoms with E-state index in [4.69, 9.17) is 23.7 Å². The van der Waals surface area contributed by atoms with E-state index in [0.29, 0.717) is 19.4 Å². The van der Waals surface area contributed by atoms with Crippen molar-refractivity contribution >= 4 is 5.97 Å². The van der Waals surface area contributed by atoms with E-state index in [0.717, 1.165) is 62.3 Å². The minimum absolute atomic E-state index is 0.0937. The lowest BCUT2D eigenvalue weighted by Crippen LogP contribution is -2.61. The fraction of sp³-hybridized carbons (Fsp3) is 0.792. The minimum Gasteiger partial charge on any atom is -0.459 e. The van der Waals surface area contributed by atoms with Crippen LogP contribution in [0.4, 0.5) is 0 Å². The van der Waals surface area contributed by atoms with Crippen LogP contribution in [0.1, 0.15) is 120 Å². The second kappa shape index (κ2) is 24.3. The predicted molar refractivity (Wildman–Crippen MR) is 269 cm³/mol. The van der Waals surface area contributed by atoms with Crippen LogP contribution in [0.5, 0.6) is 0 Å². The van der Waals surface area contributed by atoms with Crippen LogP contribution in [0, 0.1) is 23.7 Å². The number of carbonyl (C=O) groups is 1. The van der Waals surface area contributed by atoms with Crippen molar-refractivity contribution < 1.29 is 48.9 Å². The first-order valence-corrected chi connectivity index (χ1v) is 26.2. The van der Waals surface area contributed by atoms with Crippen LogP contribution in [0.3, 0.4) is 0 Å². The van der Waals surface area contributed by atoms with Crippen LogP contribution >= 0.6 is 0 Å². The molecule has 3 aliphatic heterocycles. The van der Waals surface area contributed by atoms with E-state index in [2.05, 4.69) is 49.9 Å².